The maximum Gasteiger partial charge on any atom is 0.423 e. The summed E-state index contributed by atoms with van der Waals surface area (Å²) in [4.78, 5) is 29.2. The van der Waals surface area contributed by atoms with Gasteiger partial charge in [0, 0.05) is 75.7 Å². The van der Waals surface area contributed by atoms with Crippen molar-refractivity contribution >= 4 is 23.0 Å². The summed E-state index contributed by atoms with van der Waals surface area (Å²) in [5, 5.41) is 14.0. The zero-order chi connectivity index (χ0) is 26.6. The summed E-state index contributed by atoms with van der Waals surface area (Å²) in [6.45, 7) is 7.49. The molecule has 0 atom stereocenters. The number of benzene rings is 2. The highest BCUT2D eigenvalue weighted by Gasteiger charge is 2.38. The van der Waals surface area contributed by atoms with Gasteiger partial charge >= 0.3 is 6.18 Å². The predicted octanol–water partition coefficient (Wildman–Crippen LogP) is 5.17. The number of hydrogen-bond acceptors (Lipinski definition) is 6. The van der Waals surface area contributed by atoms with Gasteiger partial charge in [-0.15, -0.1) is 0 Å². The molecule has 8 nitrogen and oxygen atoms in total. The highest BCUT2D eigenvalue weighted by molar-refractivity contribution is 5.76. The van der Waals surface area contributed by atoms with Gasteiger partial charge in [-0.3, -0.25) is 19.8 Å². The van der Waals surface area contributed by atoms with Crippen LogP contribution in [-0.2, 0) is 11.0 Å². The minimum atomic E-state index is -4.82. The third-order valence-corrected chi connectivity index (χ3v) is 7.13. The van der Waals surface area contributed by atoms with Crippen LogP contribution in [0.3, 0.4) is 0 Å². The molecule has 0 unspecified atom stereocenters. The minimum Gasteiger partial charge on any atom is -0.382 e. The molecular formula is C27H36F3N5O3. The lowest BCUT2D eigenvalue weighted by atomic mass is 10.0. The number of anilines is 2. The van der Waals surface area contributed by atoms with E-state index in [2.05, 4.69) is 46.3 Å². The van der Waals surface area contributed by atoms with Crippen LogP contribution in [0.2, 0.25) is 0 Å². The number of amides is 1. The molecule has 2 saturated heterocycles. The van der Waals surface area contributed by atoms with E-state index in [1.54, 1.807) is 0 Å². The number of likely N-dealkylation sites (tertiary alicyclic amines) is 1. The topological polar surface area (TPSA) is 82.0 Å². The molecule has 0 bridgehead atoms. The van der Waals surface area contributed by atoms with Crippen molar-refractivity contribution in [3.63, 3.8) is 0 Å². The summed E-state index contributed by atoms with van der Waals surface area (Å²) >= 11 is 0. The van der Waals surface area contributed by atoms with Crippen molar-refractivity contribution < 1.29 is 22.9 Å². The quantitative estimate of drug-likeness (QED) is 0.389. The van der Waals surface area contributed by atoms with E-state index in [0.717, 1.165) is 38.3 Å². The van der Waals surface area contributed by atoms with Crippen LogP contribution < -0.4 is 10.2 Å². The van der Waals surface area contributed by atoms with E-state index in [9.17, 15) is 28.1 Å². The number of nitrogens with zero attached hydrogens (tertiary/aromatic N) is 4. The molecule has 1 amide bonds. The molecule has 2 aromatic rings. The molecule has 0 aromatic heterocycles. The number of piperazine rings is 1. The standard InChI is InChI=1S/C26H32F3N5O3.CH4/c1-19-2-5-22(6-3-19)32-16-14-31(15-17-32)11-10-25(35)33-12-8-20(9-13-33)30-21-4-7-24(34(36)37)23(18-21)26(27,28)29;/h2-7,18,20,30H,8-17H2,1H3;1H4. The summed E-state index contributed by atoms with van der Waals surface area (Å²) in [5.74, 6) is 0.0918. The molecular weight excluding hydrogens is 499 g/mol. The summed E-state index contributed by atoms with van der Waals surface area (Å²) < 4.78 is 39.7. The van der Waals surface area contributed by atoms with Gasteiger partial charge in [-0.1, -0.05) is 25.1 Å². The average Bonchev–Trinajstić information content (AvgIpc) is 2.88. The molecule has 0 radical (unpaired) electrons. The first-order valence-corrected chi connectivity index (χ1v) is 12.5. The molecule has 4 rings (SSSR count). The molecule has 11 heteroatoms. The fraction of sp³-hybridized carbons (Fsp3) is 0.519. The van der Waals surface area contributed by atoms with Gasteiger partial charge in [0.25, 0.3) is 5.69 Å². The lowest BCUT2D eigenvalue weighted by Crippen LogP contribution is -2.48. The fourth-order valence-electron chi connectivity index (χ4n) is 4.92. The van der Waals surface area contributed by atoms with Crippen LogP contribution in [0.25, 0.3) is 0 Å². The highest BCUT2D eigenvalue weighted by Crippen LogP contribution is 2.38. The summed E-state index contributed by atoms with van der Waals surface area (Å²) in [7, 11) is 0. The number of aryl methyl sites for hydroxylation is 1. The second-order valence-corrected chi connectivity index (χ2v) is 9.70. The van der Waals surface area contributed by atoms with E-state index in [0.29, 0.717) is 38.9 Å². The molecule has 0 saturated carbocycles. The third-order valence-electron chi connectivity index (χ3n) is 7.13. The van der Waals surface area contributed by atoms with Crippen molar-refractivity contribution in [2.24, 2.45) is 0 Å². The number of hydrogen-bond donors (Lipinski definition) is 1. The van der Waals surface area contributed by atoms with E-state index >= 15 is 0 Å². The molecule has 2 aliphatic heterocycles. The molecule has 0 spiro atoms. The van der Waals surface area contributed by atoms with Gasteiger partial charge < -0.3 is 15.1 Å². The van der Waals surface area contributed by atoms with Gasteiger partial charge in [0.2, 0.25) is 5.91 Å². The maximum atomic E-state index is 13.2. The Hall–Kier alpha value is -3.34. The molecule has 2 fully saturated rings. The molecule has 0 aliphatic carbocycles. The zero-order valence-electron chi connectivity index (χ0n) is 20.8. The van der Waals surface area contributed by atoms with Gasteiger partial charge in [-0.25, -0.2) is 0 Å². The minimum absolute atomic E-state index is 0. The maximum absolute atomic E-state index is 13.2. The van der Waals surface area contributed by atoms with Gasteiger partial charge in [0.1, 0.15) is 5.56 Å². The van der Waals surface area contributed by atoms with E-state index in [1.807, 2.05) is 4.90 Å². The van der Waals surface area contributed by atoms with Crippen molar-refractivity contribution in [1.29, 1.82) is 0 Å². The Bertz CT molecular complexity index is 1090. The number of halogens is 3. The molecule has 208 valence electrons. The number of alkyl halides is 3. The highest BCUT2D eigenvalue weighted by atomic mass is 19.4. The molecule has 2 aromatic carbocycles. The van der Waals surface area contributed by atoms with Gasteiger partial charge in [0.15, 0.2) is 0 Å². The van der Waals surface area contributed by atoms with E-state index in [4.69, 9.17) is 0 Å². The Morgan fingerprint density at radius 2 is 1.66 bits per heavy atom. The number of nitrogens with one attached hydrogen (secondary N) is 1. The SMILES string of the molecule is C.Cc1ccc(N2CCN(CCC(=O)N3CCC(Nc4ccc([N+](=O)[O-])c(C(F)(F)F)c4)CC3)CC2)cc1. The molecule has 1 N–H and O–H groups in total. The number of rotatable bonds is 7. The first-order valence-electron chi connectivity index (χ1n) is 12.5. The first-order chi connectivity index (χ1) is 17.6. The average molecular weight is 536 g/mol. The van der Waals surface area contributed by atoms with E-state index < -0.39 is 22.4 Å². The van der Waals surface area contributed by atoms with Crippen molar-refractivity contribution in [2.45, 2.75) is 45.8 Å². The number of nitro groups is 1. The number of carbonyl (C=O) groups is 1. The second-order valence-electron chi connectivity index (χ2n) is 9.70. The van der Waals surface area contributed by atoms with E-state index in [-0.39, 0.29) is 25.1 Å². The zero-order valence-corrected chi connectivity index (χ0v) is 20.8. The second kappa shape index (κ2) is 12.5. The van der Waals surface area contributed by atoms with Gasteiger partial charge in [-0.2, -0.15) is 13.2 Å². The van der Waals surface area contributed by atoms with E-state index in [1.165, 1.54) is 17.3 Å². The predicted molar refractivity (Wildman–Crippen MR) is 143 cm³/mol. The van der Waals surface area contributed by atoms with Crippen molar-refractivity contribution in [3.05, 3.63) is 63.7 Å². The van der Waals surface area contributed by atoms with Crippen LogP contribution in [0.4, 0.5) is 30.2 Å². The number of piperidine rings is 1. The lowest BCUT2D eigenvalue weighted by molar-refractivity contribution is -0.388. The van der Waals surface area contributed by atoms with Crippen LogP contribution in [0.15, 0.2) is 42.5 Å². The molecule has 38 heavy (non-hydrogen) atoms. The van der Waals surface area contributed by atoms with Crippen molar-refractivity contribution in [1.82, 2.24) is 9.80 Å². The normalized spacial score (nSPS) is 17.2. The summed E-state index contributed by atoms with van der Waals surface area (Å²) in [5.41, 5.74) is 0.418. The Morgan fingerprint density at radius 3 is 2.24 bits per heavy atom. The third kappa shape index (κ3) is 7.37. The van der Waals surface area contributed by atoms with Crippen molar-refractivity contribution in [2.75, 3.05) is 56.0 Å². The number of carbonyl (C=O) groups excluding carboxylic acids is 1. The Morgan fingerprint density at radius 1 is 1.03 bits per heavy atom. The summed E-state index contributed by atoms with van der Waals surface area (Å²) in [6, 6.07) is 11.4. The first kappa shape index (κ1) is 29.2. The lowest BCUT2D eigenvalue weighted by Gasteiger charge is -2.37. The Balaban J connectivity index is 0.00000400. The molecule has 2 aliphatic rings. The molecule has 2 heterocycles. The smallest absolute Gasteiger partial charge is 0.382 e. The van der Waals surface area contributed by atoms with Crippen LogP contribution >= 0.6 is 0 Å². The summed E-state index contributed by atoms with van der Waals surface area (Å²) in [6.07, 6.45) is -3.18. The monoisotopic (exact) mass is 535 g/mol. The van der Waals surface area contributed by atoms with Gasteiger partial charge in [-0.05, 0) is 44.0 Å². The van der Waals surface area contributed by atoms with Crippen LogP contribution in [0.5, 0.6) is 0 Å². The van der Waals surface area contributed by atoms with Gasteiger partial charge in [0.05, 0.1) is 4.92 Å². The number of nitro benzene ring substituents is 1. The Labute approximate surface area is 221 Å². The van der Waals surface area contributed by atoms with Crippen molar-refractivity contribution in [3.8, 4) is 0 Å². The van der Waals surface area contributed by atoms with Crippen LogP contribution in [0, 0.1) is 17.0 Å². The largest absolute Gasteiger partial charge is 0.423 e. The Kier molecular flexibility index (Phi) is 9.59. The van der Waals surface area contributed by atoms with Crippen LogP contribution in [0.1, 0.15) is 37.8 Å². The fourth-order valence-corrected chi connectivity index (χ4v) is 4.92. The van der Waals surface area contributed by atoms with Crippen LogP contribution in [-0.4, -0.2) is 72.5 Å².